The number of nitrogens with zero attached hydrogens (tertiary/aromatic N) is 3. The lowest BCUT2D eigenvalue weighted by atomic mass is 10.1. The van der Waals surface area contributed by atoms with E-state index in [1.807, 2.05) is 0 Å². The topological polar surface area (TPSA) is 78.3 Å². The molecule has 0 bridgehead atoms. The van der Waals surface area contributed by atoms with Crippen LogP contribution in [0.25, 0.3) is 17.1 Å². The van der Waals surface area contributed by atoms with E-state index in [0.717, 1.165) is 16.6 Å². The Balaban J connectivity index is 1.60. The Morgan fingerprint density at radius 3 is 2.25 bits per heavy atom. The summed E-state index contributed by atoms with van der Waals surface area (Å²) in [4.78, 5) is 16.8. The molecule has 0 aliphatic carbocycles. The molecular weight excluding hydrogens is 541 g/mol. The van der Waals surface area contributed by atoms with E-state index in [4.69, 9.17) is 9.47 Å². The van der Waals surface area contributed by atoms with Crippen LogP contribution in [0.15, 0.2) is 77.3 Å². The van der Waals surface area contributed by atoms with Crippen LogP contribution < -0.4 is 10.1 Å². The number of amides is 1. The third-order valence-corrected chi connectivity index (χ3v) is 5.58. The number of anilines is 1. The molecule has 1 amide bonds. The number of methoxy groups -OCH3 is 1. The first-order valence-electron chi connectivity index (χ1n) is 10.7. The maximum atomic E-state index is 13.0. The first-order valence-corrected chi connectivity index (χ1v) is 11.5. The Kier molecular flexibility index (Phi) is 7.70. The van der Waals surface area contributed by atoms with Crippen molar-refractivity contribution in [3.63, 3.8) is 0 Å². The smallest absolute Gasteiger partial charge is 0.416 e. The summed E-state index contributed by atoms with van der Waals surface area (Å²) >= 11 is 3.34. The number of benzene rings is 3. The lowest BCUT2D eigenvalue weighted by Crippen LogP contribution is -2.11. The molecule has 0 saturated carbocycles. The summed E-state index contributed by atoms with van der Waals surface area (Å²) in [6.07, 6.45) is -4.45. The fourth-order valence-electron chi connectivity index (χ4n) is 3.24. The van der Waals surface area contributed by atoms with Gasteiger partial charge in [-0.3, -0.25) is 4.79 Å². The normalized spacial score (nSPS) is 11.4. The van der Waals surface area contributed by atoms with E-state index in [9.17, 15) is 18.0 Å². The standard InChI is InChI=1S/C25H20BrF3N4O3/c1-35-14-15-36-24-31-22(16-2-6-18(7-3-16)25(27,28)29)33(32-24)21-12-10-20(11-13-21)30-23(34)17-4-8-19(26)9-5-17/h2-13H,14-15H2,1H3,(H,30,34). The fourth-order valence-corrected chi connectivity index (χ4v) is 3.50. The molecule has 0 unspecified atom stereocenters. The molecule has 0 saturated heterocycles. The summed E-state index contributed by atoms with van der Waals surface area (Å²) in [5.41, 5.74) is 1.28. The average Bonchev–Trinajstić information content (AvgIpc) is 3.29. The molecule has 11 heteroatoms. The summed E-state index contributed by atoms with van der Waals surface area (Å²) in [5, 5.41) is 7.18. The maximum absolute atomic E-state index is 13.0. The van der Waals surface area contributed by atoms with Gasteiger partial charge in [0.1, 0.15) is 6.61 Å². The molecular formula is C25H20BrF3N4O3. The van der Waals surface area contributed by atoms with E-state index >= 15 is 0 Å². The number of nitrogens with one attached hydrogen (secondary N) is 1. The SMILES string of the molecule is COCCOc1nc(-c2ccc(C(F)(F)F)cc2)n(-c2ccc(NC(=O)c3ccc(Br)cc3)cc2)n1. The van der Waals surface area contributed by atoms with E-state index < -0.39 is 11.7 Å². The highest BCUT2D eigenvalue weighted by Gasteiger charge is 2.30. The number of aromatic nitrogens is 3. The zero-order chi connectivity index (χ0) is 25.7. The van der Waals surface area contributed by atoms with Crippen LogP contribution in [-0.4, -0.2) is 41.0 Å². The number of ether oxygens (including phenoxy) is 2. The second-order valence-electron chi connectivity index (χ2n) is 7.55. The van der Waals surface area contributed by atoms with Crippen molar-refractivity contribution in [2.24, 2.45) is 0 Å². The zero-order valence-electron chi connectivity index (χ0n) is 18.9. The Labute approximate surface area is 213 Å². The Hall–Kier alpha value is -3.70. The highest BCUT2D eigenvalue weighted by atomic mass is 79.9. The molecule has 4 rings (SSSR count). The Morgan fingerprint density at radius 1 is 0.972 bits per heavy atom. The van der Waals surface area contributed by atoms with Crippen molar-refractivity contribution in [2.45, 2.75) is 6.18 Å². The predicted octanol–water partition coefficient (Wildman–Crippen LogP) is 5.99. The predicted molar refractivity (Wildman–Crippen MR) is 131 cm³/mol. The summed E-state index contributed by atoms with van der Waals surface area (Å²) < 4.78 is 51.8. The highest BCUT2D eigenvalue weighted by Crippen LogP contribution is 2.31. The number of carbonyl (C=O) groups is 1. The molecule has 1 aromatic heterocycles. The van der Waals surface area contributed by atoms with Crippen LogP contribution in [0.1, 0.15) is 15.9 Å². The van der Waals surface area contributed by atoms with E-state index in [1.165, 1.54) is 23.9 Å². The van der Waals surface area contributed by atoms with E-state index in [-0.39, 0.29) is 18.5 Å². The second kappa shape index (κ2) is 10.9. The van der Waals surface area contributed by atoms with Crippen LogP contribution >= 0.6 is 15.9 Å². The van der Waals surface area contributed by atoms with Crippen LogP contribution in [0.5, 0.6) is 6.01 Å². The number of hydrogen-bond acceptors (Lipinski definition) is 5. The second-order valence-corrected chi connectivity index (χ2v) is 8.47. The number of alkyl halides is 3. The lowest BCUT2D eigenvalue weighted by Gasteiger charge is -2.10. The first kappa shape index (κ1) is 25.4. The van der Waals surface area contributed by atoms with Crippen molar-refractivity contribution < 1.29 is 27.4 Å². The molecule has 7 nitrogen and oxygen atoms in total. The maximum Gasteiger partial charge on any atom is 0.416 e. The lowest BCUT2D eigenvalue weighted by molar-refractivity contribution is -0.137. The van der Waals surface area contributed by atoms with Gasteiger partial charge in [-0.1, -0.05) is 28.1 Å². The largest absolute Gasteiger partial charge is 0.460 e. The molecule has 0 aliphatic rings. The average molecular weight is 561 g/mol. The monoisotopic (exact) mass is 560 g/mol. The van der Waals surface area contributed by atoms with Crippen LogP contribution in [0.2, 0.25) is 0 Å². The van der Waals surface area contributed by atoms with Crippen molar-refractivity contribution in [1.82, 2.24) is 14.8 Å². The third-order valence-electron chi connectivity index (χ3n) is 5.05. The van der Waals surface area contributed by atoms with Crippen LogP contribution in [0.3, 0.4) is 0 Å². The molecule has 0 aliphatic heterocycles. The Bertz CT molecular complexity index is 1320. The van der Waals surface area contributed by atoms with Gasteiger partial charge in [-0.05, 0) is 60.7 Å². The minimum absolute atomic E-state index is 0.0505. The molecule has 1 N–H and O–H groups in total. The Morgan fingerprint density at radius 2 is 1.64 bits per heavy atom. The minimum atomic E-state index is -4.45. The van der Waals surface area contributed by atoms with Gasteiger partial charge in [0.05, 0.1) is 17.9 Å². The summed E-state index contributed by atoms with van der Waals surface area (Å²) in [6, 6.07) is 18.4. The number of halogens is 4. The first-order chi connectivity index (χ1) is 17.2. The third kappa shape index (κ3) is 6.10. The number of hydrogen-bond donors (Lipinski definition) is 1. The minimum Gasteiger partial charge on any atom is -0.460 e. The van der Waals surface area contributed by atoms with Crippen molar-refractivity contribution in [3.8, 4) is 23.1 Å². The van der Waals surface area contributed by atoms with Crippen LogP contribution in [-0.2, 0) is 10.9 Å². The fraction of sp³-hybridized carbons (Fsp3) is 0.160. The van der Waals surface area contributed by atoms with Gasteiger partial charge in [0.2, 0.25) is 0 Å². The number of rotatable bonds is 8. The van der Waals surface area contributed by atoms with Gasteiger partial charge in [0.15, 0.2) is 5.82 Å². The quantitative estimate of drug-likeness (QED) is 0.268. The van der Waals surface area contributed by atoms with E-state index in [0.29, 0.717) is 34.9 Å². The molecule has 0 spiro atoms. The van der Waals surface area contributed by atoms with Gasteiger partial charge in [0, 0.05) is 28.4 Å². The van der Waals surface area contributed by atoms with Gasteiger partial charge in [0.25, 0.3) is 5.91 Å². The zero-order valence-corrected chi connectivity index (χ0v) is 20.5. The molecule has 0 atom stereocenters. The molecule has 0 radical (unpaired) electrons. The molecule has 0 fully saturated rings. The molecule has 36 heavy (non-hydrogen) atoms. The van der Waals surface area contributed by atoms with Gasteiger partial charge in [-0.15, -0.1) is 5.10 Å². The van der Waals surface area contributed by atoms with Crippen molar-refractivity contribution >= 4 is 27.5 Å². The van der Waals surface area contributed by atoms with E-state index in [1.54, 1.807) is 48.5 Å². The van der Waals surface area contributed by atoms with Gasteiger partial charge < -0.3 is 14.8 Å². The van der Waals surface area contributed by atoms with Gasteiger partial charge in [-0.25, -0.2) is 4.68 Å². The molecule has 186 valence electrons. The molecule has 3 aromatic carbocycles. The molecule has 1 heterocycles. The highest BCUT2D eigenvalue weighted by molar-refractivity contribution is 9.10. The van der Waals surface area contributed by atoms with Crippen molar-refractivity contribution in [3.05, 3.63) is 88.4 Å². The van der Waals surface area contributed by atoms with E-state index in [2.05, 4.69) is 31.3 Å². The van der Waals surface area contributed by atoms with Gasteiger partial charge in [-0.2, -0.15) is 18.2 Å². The molecule has 4 aromatic rings. The summed E-state index contributed by atoms with van der Waals surface area (Å²) in [7, 11) is 1.53. The summed E-state index contributed by atoms with van der Waals surface area (Å²) in [5.74, 6) is 0.0260. The van der Waals surface area contributed by atoms with Crippen LogP contribution in [0, 0.1) is 0 Å². The van der Waals surface area contributed by atoms with Crippen molar-refractivity contribution in [1.29, 1.82) is 0 Å². The van der Waals surface area contributed by atoms with Crippen molar-refractivity contribution in [2.75, 3.05) is 25.6 Å². The summed E-state index contributed by atoms with van der Waals surface area (Å²) in [6.45, 7) is 0.519. The van der Waals surface area contributed by atoms with Gasteiger partial charge >= 0.3 is 12.2 Å². The van der Waals surface area contributed by atoms with Crippen LogP contribution in [0.4, 0.5) is 18.9 Å². The number of carbonyl (C=O) groups excluding carboxylic acids is 1.